The maximum absolute atomic E-state index is 12.3. The van der Waals surface area contributed by atoms with Crippen molar-refractivity contribution in [3.63, 3.8) is 0 Å². The maximum atomic E-state index is 12.3. The lowest BCUT2D eigenvalue weighted by molar-refractivity contribution is -0.116. The largest absolute Gasteiger partial charge is 0.423 e. The molecular formula is C21H20ClNO3. The molecule has 26 heavy (non-hydrogen) atoms. The van der Waals surface area contributed by atoms with Crippen LogP contribution >= 0.6 is 11.6 Å². The molecule has 1 aromatic heterocycles. The van der Waals surface area contributed by atoms with Crippen LogP contribution in [0, 0.1) is 20.8 Å². The molecule has 0 fully saturated rings. The number of halogens is 1. The van der Waals surface area contributed by atoms with Gasteiger partial charge in [-0.3, -0.25) is 4.79 Å². The Morgan fingerprint density at radius 2 is 1.88 bits per heavy atom. The number of aryl methyl sites for hydroxylation is 3. The van der Waals surface area contributed by atoms with Gasteiger partial charge < -0.3 is 9.73 Å². The number of rotatable bonds is 4. The van der Waals surface area contributed by atoms with Crippen molar-refractivity contribution in [3.8, 4) is 0 Å². The van der Waals surface area contributed by atoms with Crippen molar-refractivity contribution >= 4 is 34.2 Å². The number of hydrogen-bond donors (Lipinski definition) is 1. The molecule has 0 atom stereocenters. The highest BCUT2D eigenvalue weighted by atomic mass is 35.5. The lowest BCUT2D eigenvalue weighted by Crippen LogP contribution is -2.17. The number of benzene rings is 2. The third-order valence-corrected chi connectivity index (χ3v) is 4.75. The van der Waals surface area contributed by atoms with Gasteiger partial charge in [0.25, 0.3) is 0 Å². The third-order valence-electron chi connectivity index (χ3n) is 4.52. The zero-order valence-electron chi connectivity index (χ0n) is 15.0. The summed E-state index contributed by atoms with van der Waals surface area (Å²) in [5, 5.41) is 4.31. The molecule has 0 unspecified atom stereocenters. The Balaban J connectivity index is 1.79. The van der Waals surface area contributed by atoms with Crippen LogP contribution in [0.2, 0.25) is 5.02 Å². The van der Waals surface area contributed by atoms with E-state index in [2.05, 4.69) is 5.32 Å². The molecule has 4 nitrogen and oxygen atoms in total. The van der Waals surface area contributed by atoms with Gasteiger partial charge in [-0.25, -0.2) is 4.79 Å². The van der Waals surface area contributed by atoms with E-state index in [9.17, 15) is 9.59 Å². The fraction of sp³-hybridized carbons (Fsp3) is 0.238. The Morgan fingerprint density at radius 1 is 1.12 bits per heavy atom. The van der Waals surface area contributed by atoms with Gasteiger partial charge in [-0.15, -0.1) is 0 Å². The van der Waals surface area contributed by atoms with Crippen LogP contribution in [0.3, 0.4) is 0 Å². The van der Waals surface area contributed by atoms with Crippen molar-refractivity contribution in [1.29, 1.82) is 0 Å². The van der Waals surface area contributed by atoms with Gasteiger partial charge >= 0.3 is 5.63 Å². The van der Waals surface area contributed by atoms with Crippen LogP contribution in [0.15, 0.2) is 45.6 Å². The van der Waals surface area contributed by atoms with Crippen molar-refractivity contribution in [2.75, 3.05) is 5.32 Å². The van der Waals surface area contributed by atoms with Gasteiger partial charge in [0.2, 0.25) is 5.91 Å². The number of nitrogens with one attached hydrogen (secondary N) is 1. The van der Waals surface area contributed by atoms with Crippen LogP contribution in [0.25, 0.3) is 11.0 Å². The first-order valence-electron chi connectivity index (χ1n) is 8.44. The second-order valence-electron chi connectivity index (χ2n) is 6.50. The number of hydrogen-bond acceptors (Lipinski definition) is 3. The minimum Gasteiger partial charge on any atom is -0.423 e. The summed E-state index contributed by atoms with van der Waals surface area (Å²) in [7, 11) is 0. The van der Waals surface area contributed by atoms with E-state index in [0.717, 1.165) is 22.1 Å². The van der Waals surface area contributed by atoms with E-state index in [-0.39, 0.29) is 18.0 Å². The Hall–Kier alpha value is -2.59. The number of anilines is 1. The summed E-state index contributed by atoms with van der Waals surface area (Å²) < 4.78 is 5.44. The predicted molar refractivity (Wildman–Crippen MR) is 105 cm³/mol. The number of carbonyl (C=O) groups excluding carboxylic acids is 1. The molecule has 0 bridgehead atoms. The highest BCUT2D eigenvalue weighted by Crippen LogP contribution is 2.22. The summed E-state index contributed by atoms with van der Waals surface area (Å²) in [6.45, 7) is 5.74. The Bertz CT molecular complexity index is 1050. The Kier molecular flexibility index (Phi) is 5.14. The number of fused-ring (bicyclic) bond motifs is 1. The van der Waals surface area contributed by atoms with Crippen LogP contribution in [0.1, 0.15) is 28.7 Å². The monoisotopic (exact) mass is 369 g/mol. The van der Waals surface area contributed by atoms with Crippen molar-refractivity contribution in [2.45, 2.75) is 33.6 Å². The van der Waals surface area contributed by atoms with E-state index in [1.165, 1.54) is 0 Å². The lowest BCUT2D eigenvalue weighted by atomic mass is 10.0. The van der Waals surface area contributed by atoms with Crippen LogP contribution in [0.5, 0.6) is 0 Å². The molecule has 5 heteroatoms. The normalized spacial score (nSPS) is 10.9. The second kappa shape index (κ2) is 7.34. The van der Waals surface area contributed by atoms with Gasteiger partial charge in [0.1, 0.15) is 5.58 Å². The summed E-state index contributed by atoms with van der Waals surface area (Å²) in [5.74, 6) is -0.168. The van der Waals surface area contributed by atoms with Crippen molar-refractivity contribution in [1.82, 2.24) is 0 Å². The van der Waals surface area contributed by atoms with E-state index in [1.54, 1.807) is 12.1 Å². The summed E-state index contributed by atoms with van der Waals surface area (Å²) in [4.78, 5) is 24.6. The maximum Gasteiger partial charge on any atom is 0.339 e. The van der Waals surface area contributed by atoms with Gasteiger partial charge in [-0.1, -0.05) is 29.8 Å². The van der Waals surface area contributed by atoms with Crippen molar-refractivity contribution in [2.24, 2.45) is 0 Å². The topological polar surface area (TPSA) is 59.3 Å². The quantitative estimate of drug-likeness (QED) is 0.662. The molecular weight excluding hydrogens is 350 g/mol. The molecule has 1 N–H and O–H groups in total. The molecule has 2 aromatic carbocycles. The minimum atomic E-state index is -0.382. The molecule has 0 aliphatic rings. The Morgan fingerprint density at radius 3 is 2.65 bits per heavy atom. The van der Waals surface area contributed by atoms with Crippen LogP contribution in [0.4, 0.5) is 5.69 Å². The summed E-state index contributed by atoms with van der Waals surface area (Å²) in [6, 6.07) is 11.1. The van der Waals surface area contributed by atoms with Gasteiger partial charge in [0.05, 0.1) is 0 Å². The SMILES string of the molecule is Cc1ccc2c(C)c(CCC(=O)Nc3cc(Cl)ccc3C)c(=O)oc2c1. The lowest BCUT2D eigenvalue weighted by Gasteiger charge is -2.10. The Labute approximate surface area is 156 Å². The molecule has 0 aliphatic heterocycles. The van der Waals surface area contributed by atoms with Gasteiger partial charge in [0, 0.05) is 28.1 Å². The molecule has 0 radical (unpaired) electrons. The molecule has 134 valence electrons. The minimum absolute atomic E-state index is 0.168. The molecule has 3 aromatic rings. The average Bonchev–Trinajstić information content (AvgIpc) is 2.57. The van der Waals surface area contributed by atoms with E-state index >= 15 is 0 Å². The second-order valence-corrected chi connectivity index (χ2v) is 6.94. The first kappa shape index (κ1) is 18.2. The molecule has 0 spiro atoms. The molecule has 1 heterocycles. The highest BCUT2D eigenvalue weighted by molar-refractivity contribution is 6.31. The molecule has 3 rings (SSSR count). The van der Waals surface area contributed by atoms with E-state index in [0.29, 0.717) is 28.3 Å². The van der Waals surface area contributed by atoms with Crippen LogP contribution in [-0.2, 0) is 11.2 Å². The van der Waals surface area contributed by atoms with Crippen molar-refractivity contribution in [3.05, 3.63) is 74.1 Å². The van der Waals surface area contributed by atoms with E-state index < -0.39 is 0 Å². The van der Waals surface area contributed by atoms with Crippen LogP contribution < -0.4 is 10.9 Å². The summed E-state index contributed by atoms with van der Waals surface area (Å²) >= 11 is 5.98. The highest BCUT2D eigenvalue weighted by Gasteiger charge is 2.14. The fourth-order valence-corrected chi connectivity index (χ4v) is 3.14. The van der Waals surface area contributed by atoms with E-state index in [4.69, 9.17) is 16.0 Å². The van der Waals surface area contributed by atoms with Crippen molar-refractivity contribution < 1.29 is 9.21 Å². The fourth-order valence-electron chi connectivity index (χ4n) is 2.97. The first-order valence-corrected chi connectivity index (χ1v) is 8.82. The number of amides is 1. The smallest absolute Gasteiger partial charge is 0.339 e. The average molecular weight is 370 g/mol. The van der Waals surface area contributed by atoms with Crippen LogP contribution in [-0.4, -0.2) is 5.91 Å². The van der Waals surface area contributed by atoms with E-state index in [1.807, 2.05) is 45.0 Å². The molecule has 1 amide bonds. The molecule has 0 saturated carbocycles. The van der Waals surface area contributed by atoms with Gasteiger partial charge in [-0.2, -0.15) is 0 Å². The predicted octanol–water partition coefficient (Wildman–Crippen LogP) is 4.94. The number of carbonyl (C=O) groups is 1. The summed E-state index contributed by atoms with van der Waals surface area (Å²) in [5.41, 5.74) is 4.24. The molecule has 0 aliphatic carbocycles. The summed E-state index contributed by atoms with van der Waals surface area (Å²) in [6.07, 6.45) is 0.512. The standard InChI is InChI=1S/C21H20ClNO3/c1-12-4-7-16-14(3)17(21(25)26-19(16)10-12)8-9-20(24)23-18-11-15(22)6-5-13(18)2/h4-7,10-11H,8-9H2,1-3H3,(H,23,24). The van der Waals surface area contributed by atoms with Gasteiger partial charge in [-0.05, 0) is 62.1 Å². The first-order chi connectivity index (χ1) is 12.3. The zero-order chi connectivity index (χ0) is 18.8. The zero-order valence-corrected chi connectivity index (χ0v) is 15.7. The third kappa shape index (κ3) is 3.81. The van der Waals surface area contributed by atoms with Gasteiger partial charge in [0.15, 0.2) is 0 Å². The molecule has 0 saturated heterocycles.